The molecular weight excluding hydrogens is 342 g/mol. The molecule has 1 saturated heterocycles. The molecular formula is C19H25N7O. The van der Waals surface area contributed by atoms with Crippen LogP contribution in [0.25, 0.3) is 11.0 Å². The zero-order valence-electron chi connectivity index (χ0n) is 15.7. The number of imidazole rings is 1. The maximum absolute atomic E-state index is 5.52. The van der Waals surface area contributed by atoms with Gasteiger partial charge in [0.15, 0.2) is 0 Å². The third kappa shape index (κ3) is 4.16. The molecule has 1 atom stereocenters. The van der Waals surface area contributed by atoms with Gasteiger partial charge in [0.1, 0.15) is 17.2 Å². The Hall–Kier alpha value is -2.74. The van der Waals surface area contributed by atoms with Gasteiger partial charge in [-0.25, -0.2) is 15.0 Å². The average molecular weight is 367 g/mol. The molecule has 4 heterocycles. The van der Waals surface area contributed by atoms with Crippen LogP contribution in [0.15, 0.2) is 30.9 Å². The molecule has 2 N–H and O–H groups in total. The summed E-state index contributed by atoms with van der Waals surface area (Å²) in [7, 11) is 0. The molecule has 0 bridgehead atoms. The summed E-state index contributed by atoms with van der Waals surface area (Å²) in [5, 5.41) is 6.58. The van der Waals surface area contributed by atoms with Gasteiger partial charge in [-0.3, -0.25) is 0 Å². The SMILES string of the molecule is CC(C)n1cnc2cnc(Nc3ccnc(NCC4CCCOC4)n3)cc21. The Balaban J connectivity index is 1.46. The molecule has 8 heteroatoms. The average Bonchev–Trinajstić information content (AvgIpc) is 3.11. The molecule has 0 amide bonds. The van der Waals surface area contributed by atoms with Crippen molar-refractivity contribution in [3.63, 3.8) is 0 Å². The molecule has 1 aliphatic heterocycles. The van der Waals surface area contributed by atoms with E-state index in [-0.39, 0.29) is 0 Å². The van der Waals surface area contributed by atoms with Crippen LogP contribution in [-0.4, -0.2) is 44.3 Å². The van der Waals surface area contributed by atoms with Crippen molar-refractivity contribution in [2.75, 3.05) is 30.4 Å². The molecule has 4 rings (SSSR count). The molecule has 3 aromatic rings. The second-order valence-corrected chi connectivity index (χ2v) is 7.16. The van der Waals surface area contributed by atoms with E-state index in [1.54, 1.807) is 12.4 Å². The van der Waals surface area contributed by atoms with Crippen LogP contribution in [0.3, 0.4) is 0 Å². The summed E-state index contributed by atoms with van der Waals surface area (Å²) in [5.74, 6) is 2.56. The van der Waals surface area contributed by atoms with Crippen LogP contribution < -0.4 is 10.6 Å². The van der Waals surface area contributed by atoms with E-state index in [0.717, 1.165) is 43.0 Å². The highest BCUT2D eigenvalue weighted by Gasteiger charge is 2.14. The minimum atomic E-state index is 0.337. The van der Waals surface area contributed by atoms with E-state index in [2.05, 4.69) is 49.0 Å². The van der Waals surface area contributed by atoms with Crippen molar-refractivity contribution in [2.24, 2.45) is 5.92 Å². The van der Waals surface area contributed by atoms with Gasteiger partial charge >= 0.3 is 0 Å². The third-order valence-electron chi connectivity index (χ3n) is 4.73. The number of pyridine rings is 1. The Labute approximate surface area is 158 Å². The molecule has 8 nitrogen and oxygen atoms in total. The van der Waals surface area contributed by atoms with Crippen LogP contribution in [-0.2, 0) is 4.74 Å². The van der Waals surface area contributed by atoms with E-state index in [1.165, 1.54) is 6.42 Å². The summed E-state index contributed by atoms with van der Waals surface area (Å²) in [6, 6.07) is 4.17. The number of ether oxygens (including phenoxy) is 1. The van der Waals surface area contributed by atoms with Gasteiger partial charge in [-0.15, -0.1) is 0 Å². The van der Waals surface area contributed by atoms with Crippen molar-refractivity contribution in [3.05, 3.63) is 30.9 Å². The van der Waals surface area contributed by atoms with Crippen LogP contribution in [0.2, 0.25) is 0 Å². The second kappa shape index (κ2) is 7.87. The van der Waals surface area contributed by atoms with Gasteiger partial charge in [0.2, 0.25) is 5.95 Å². The van der Waals surface area contributed by atoms with Crippen molar-refractivity contribution in [2.45, 2.75) is 32.7 Å². The number of nitrogens with zero attached hydrogens (tertiary/aromatic N) is 5. The van der Waals surface area contributed by atoms with Crippen molar-refractivity contribution in [1.29, 1.82) is 0 Å². The molecule has 1 unspecified atom stereocenters. The van der Waals surface area contributed by atoms with Crippen LogP contribution in [0.1, 0.15) is 32.7 Å². The highest BCUT2D eigenvalue weighted by molar-refractivity contribution is 5.78. The topological polar surface area (TPSA) is 89.8 Å². The van der Waals surface area contributed by atoms with Crippen LogP contribution in [0.4, 0.5) is 17.6 Å². The number of rotatable bonds is 6. The summed E-state index contributed by atoms with van der Waals surface area (Å²) in [4.78, 5) is 17.7. The number of anilines is 3. The highest BCUT2D eigenvalue weighted by atomic mass is 16.5. The maximum atomic E-state index is 5.52. The van der Waals surface area contributed by atoms with E-state index in [9.17, 15) is 0 Å². The Kier molecular flexibility index (Phi) is 5.15. The Bertz CT molecular complexity index is 902. The summed E-state index contributed by atoms with van der Waals surface area (Å²) >= 11 is 0. The van der Waals surface area contributed by atoms with Gasteiger partial charge in [0, 0.05) is 31.5 Å². The first-order valence-corrected chi connectivity index (χ1v) is 9.43. The summed E-state index contributed by atoms with van der Waals surface area (Å²) in [6.07, 6.45) is 7.67. The molecule has 0 spiro atoms. The standard InChI is InChI=1S/C19H25N7O/c1-13(2)26-12-23-15-10-21-18(8-16(15)26)24-17-5-6-20-19(25-17)22-9-14-4-3-7-27-11-14/h5-6,8,10,12-14H,3-4,7,9,11H2,1-2H3,(H2,20,21,22,24,25). The van der Waals surface area contributed by atoms with E-state index in [4.69, 9.17) is 4.74 Å². The van der Waals surface area contributed by atoms with Crippen molar-refractivity contribution < 1.29 is 4.74 Å². The number of hydrogen-bond donors (Lipinski definition) is 2. The number of aromatic nitrogens is 5. The molecule has 27 heavy (non-hydrogen) atoms. The van der Waals surface area contributed by atoms with Crippen LogP contribution in [0, 0.1) is 5.92 Å². The van der Waals surface area contributed by atoms with E-state index < -0.39 is 0 Å². The van der Waals surface area contributed by atoms with Crippen molar-refractivity contribution >= 4 is 28.6 Å². The van der Waals surface area contributed by atoms with Crippen LogP contribution >= 0.6 is 0 Å². The maximum Gasteiger partial charge on any atom is 0.224 e. The number of fused-ring (bicyclic) bond motifs is 1. The zero-order valence-corrected chi connectivity index (χ0v) is 15.7. The van der Waals surface area contributed by atoms with E-state index in [0.29, 0.717) is 23.7 Å². The zero-order chi connectivity index (χ0) is 18.6. The lowest BCUT2D eigenvalue weighted by atomic mass is 10.0. The van der Waals surface area contributed by atoms with E-state index in [1.807, 2.05) is 18.5 Å². The van der Waals surface area contributed by atoms with Gasteiger partial charge in [-0.1, -0.05) is 0 Å². The van der Waals surface area contributed by atoms with Gasteiger partial charge in [0.05, 0.1) is 24.6 Å². The molecule has 0 aromatic carbocycles. The van der Waals surface area contributed by atoms with Gasteiger partial charge in [0.25, 0.3) is 0 Å². The van der Waals surface area contributed by atoms with E-state index >= 15 is 0 Å². The molecule has 1 aliphatic rings. The van der Waals surface area contributed by atoms with Gasteiger partial charge in [-0.2, -0.15) is 4.98 Å². The minimum Gasteiger partial charge on any atom is -0.381 e. The molecule has 0 radical (unpaired) electrons. The smallest absolute Gasteiger partial charge is 0.224 e. The fourth-order valence-corrected chi connectivity index (χ4v) is 3.26. The predicted molar refractivity (Wildman–Crippen MR) is 105 cm³/mol. The van der Waals surface area contributed by atoms with Gasteiger partial charge in [-0.05, 0) is 38.7 Å². The lowest BCUT2D eigenvalue weighted by Crippen LogP contribution is -2.24. The summed E-state index contributed by atoms with van der Waals surface area (Å²) in [6.45, 7) is 6.77. The first-order valence-electron chi connectivity index (χ1n) is 9.43. The first kappa shape index (κ1) is 17.7. The highest BCUT2D eigenvalue weighted by Crippen LogP contribution is 2.21. The lowest BCUT2D eigenvalue weighted by molar-refractivity contribution is 0.0594. The van der Waals surface area contributed by atoms with Crippen LogP contribution in [0.5, 0.6) is 0 Å². The Morgan fingerprint density at radius 3 is 3.00 bits per heavy atom. The fraction of sp³-hybridized carbons (Fsp3) is 0.474. The predicted octanol–water partition coefficient (Wildman–Crippen LogP) is 3.38. The first-order chi connectivity index (χ1) is 13.2. The molecule has 3 aromatic heterocycles. The number of nitrogens with one attached hydrogen (secondary N) is 2. The normalized spacial score (nSPS) is 17.4. The fourth-order valence-electron chi connectivity index (χ4n) is 3.26. The molecule has 1 fully saturated rings. The quantitative estimate of drug-likeness (QED) is 0.690. The molecule has 142 valence electrons. The third-order valence-corrected chi connectivity index (χ3v) is 4.73. The van der Waals surface area contributed by atoms with Crippen molar-refractivity contribution in [3.8, 4) is 0 Å². The second-order valence-electron chi connectivity index (χ2n) is 7.16. The monoisotopic (exact) mass is 367 g/mol. The Morgan fingerprint density at radius 1 is 1.26 bits per heavy atom. The van der Waals surface area contributed by atoms with Crippen molar-refractivity contribution in [1.82, 2.24) is 24.5 Å². The summed E-state index contributed by atoms with van der Waals surface area (Å²) in [5.41, 5.74) is 1.93. The molecule has 0 aliphatic carbocycles. The summed E-state index contributed by atoms with van der Waals surface area (Å²) < 4.78 is 7.65. The van der Waals surface area contributed by atoms with Gasteiger partial charge < -0.3 is 19.9 Å². The molecule has 0 saturated carbocycles. The minimum absolute atomic E-state index is 0.337. The lowest BCUT2D eigenvalue weighted by Gasteiger charge is -2.22. The Morgan fingerprint density at radius 2 is 2.19 bits per heavy atom. The largest absolute Gasteiger partial charge is 0.381 e. The number of hydrogen-bond acceptors (Lipinski definition) is 7.